The van der Waals surface area contributed by atoms with Gasteiger partial charge in [0.25, 0.3) is 0 Å². The fourth-order valence-corrected chi connectivity index (χ4v) is 3.74. The Morgan fingerprint density at radius 1 is 1.33 bits per heavy atom. The minimum Gasteiger partial charge on any atom is -0.372 e. The van der Waals surface area contributed by atoms with Gasteiger partial charge in [-0.15, -0.1) is 0 Å². The Labute approximate surface area is 108 Å². The number of nitrogens with two attached hydrogens (primary N) is 1. The Kier molecular flexibility index (Phi) is 4.37. The van der Waals surface area contributed by atoms with Gasteiger partial charge in [-0.05, 0) is 30.5 Å². The van der Waals surface area contributed by atoms with Crippen LogP contribution in [-0.4, -0.2) is 33.1 Å². The summed E-state index contributed by atoms with van der Waals surface area (Å²) in [6, 6.07) is 7.89. The summed E-state index contributed by atoms with van der Waals surface area (Å²) in [5.74, 6) is 0.204. The summed E-state index contributed by atoms with van der Waals surface area (Å²) in [4.78, 5) is 0. The molecule has 1 aliphatic heterocycles. The highest BCUT2D eigenvalue weighted by Gasteiger charge is 2.25. The van der Waals surface area contributed by atoms with E-state index in [2.05, 4.69) is 0 Å². The lowest BCUT2D eigenvalue weighted by Gasteiger charge is -2.25. The number of rotatable bonds is 5. The molecular formula is C13H19NO3S. The lowest BCUT2D eigenvalue weighted by atomic mass is 9.99. The molecule has 1 unspecified atom stereocenters. The number of hydrogen-bond donors (Lipinski definition) is 1. The van der Waals surface area contributed by atoms with Gasteiger partial charge in [0.15, 0.2) is 9.84 Å². The van der Waals surface area contributed by atoms with Gasteiger partial charge >= 0.3 is 0 Å². The number of ether oxygens (including phenoxy) is 1. The maximum Gasteiger partial charge on any atom is 0.153 e. The normalized spacial score (nSPS) is 19.5. The van der Waals surface area contributed by atoms with Crippen molar-refractivity contribution in [1.29, 1.82) is 0 Å². The third-order valence-corrected chi connectivity index (χ3v) is 4.88. The first kappa shape index (κ1) is 13.5. The second kappa shape index (κ2) is 5.82. The average Bonchev–Trinajstić information content (AvgIpc) is 2.37. The van der Waals surface area contributed by atoms with E-state index in [1.54, 1.807) is 0 Å². The Morgan fingerprint density at radius 3 is 2.89 bits per heavy atom. The topological polar surface area (TPSA) is 69.4 Å². The molecule has 1 aliphatic rings. The molecule has 0 spiro atoms. The lowest BCUT2D eigenvalue weighted by molar-refractivity contribution is 0.0576. The smallest absolute Gasteiger partial charge is 0.153 e. The zero-order chi connectivity index (χ0) is 13.0. The molecule has 1 atom stereocenters. The summed E-state index contributed by atoms with van der Waals surface area (Å²) in [7, 11) is -3.09. The van der Waals surface area contributed by atoms with Crippen molar-refractivity contribution in [3.8, 4) is 0 Å². The first-order valence-corrected chi connectivity index (χ1v) is 8.04. The van der Waals surface area contributed by atoms with Gasteiger partial charge in [0.2, 0.25) is 0 Å². The van der Waals surface area contributed by atoms with E-state index in [9.17, 15) is 8.42 Å². The van der Waals surface area contributed by atoms with Crippen LogP contribution in [-0.2, 0) is 21.0 Å². The van der Waals surface area contributed by atoms with E-state index >= 15 is 0 Å². The van der Waals surface area contributed by atoms with Crippen LogP contribution in [0.4, 0.5) is 0 Å². The van der Waals surface area contributed by atoms with E-state index in [-0.39, 0.29) is 17.6 Å². The van der Waals surface area contributed by atoms with Crippen LogP contribution in [0.15, 0.2) is 24.3 Å². The van der Waals surface area contributed by atoms with Gasteiger partial charge in [-0.3, -0.25) is 0 Å². The van der Waals surface area contributed by atoms with E-state index < -0.39 is 9.84 Å². The zero-order valence-corrected chi connectivity index (χ0v) is 11.2. The van der Waals surface area contributed by atoms with E-state index in [4.69, 9.17) is 10.5 Å². The van der Waals surface area contributed by atoms with Gasteiger partial charge in [0, 0.05) is 0 Å². The second-order valence-electron chi connectivity index (χ2n) is 4.56. The number of hydrogen-bond acceptors (Lipinski definition) is 4. The average molecular weight is 269 g/mol. The quantitative estimate of drug-likeness (QED) is 0.868. The van der Waals surface area contributed by atoms with Gasteiger partial charge in [0.05, 0.1) is 24.2 Å². The Hall–Kier alpha value is -0.910. The molecule has 2 rings (SSSR count). The summed E-state index contributed by atoms with van der Waals surface area (Å²) in [6.45, 7) is 0.995. The molecule has 0 amide bonds. The summed E-state index contributed by atoms with van der Waals surface area (Å²) in [5, 5.41) is 0. The Bertz CT molecular complexity index is 499. The minimum atomic E-state index is -3.09. The summed E-state index contributed by atoms with van der Waals surface area (Å²) in [6.07, 6.45) is 1.05. The summed E-state index contributed by atoms with van der Waals surface area (Å²) < 4.78 is 29.5. The van der Waals surface area contributed by atoms with Gasteiger partial charge in [0.1, 0.15) is 0 Å². The van der Waals surface area contributed by atoms with Crippen LogP contribution in [0.1, 0.15) is 23.7 Å². The van der Waals surface area contributed by atoms with Crippen molar-refractivity contribution in [3.05, 3.63) is 35.4 Å². The van der Waals surface area contributed by atoms with Crippen molar-refractivity contribution in [2.75, 3.05) is 24.7 Å². The molecule has 0 saturated heterocycles. The molecule has 18 heavy (non-hydrogen) atoms. The third kappa shape index (κ3) is 3.31. The van der Waals surface area contributed by atoms with Crippen molar-refractivity contribution < 1.29 is 13.2 Å². The number of fused-ring (bicyclic) bond motifs is 1. The summed E-state index contributed by atoms with van der Waals surface area (Å²) >= 11 is 0. The van der Waals surface area contributed by atoms with Gasteiger partial charge in [-0.25, -0.2) is 8.42 Å². The molecule has 0 aliphatic carbocycles. The summed E-state index contributed by atoms with van der Waals surface area (Å²) in [5.41, 5.74) is 7.56. The van der Waals surface area contributed by atoms with Crippen LogP contribution in [0.2, 0.25) is 0 Å². The highest BCUT2D eigenvalue weighted by Crippen LogP contribution is 2.28. The van der Waals surface area contributed by atoms with E-state index in [0.717, 1.165) is 12.0 Å². The fourth-order valence-electron chi connectivity index (χ4n) is 2.23. The van der Waals surface area contributed by atoms with Gasteiger partial charge < -0.3 is 10.5 Å². The van der Waals surface area contributed by atoms with Crippen molar-refractivity contribution in [2.24, 2.45) is 5.73 Å². The maximum absolute atomic E-state index is 11.9. The van der Waals surface area contributed by atoms with Crippen molar-refractivity contribution >= 4 is 9.84 Å². The first-order chi connectivity index (χ1) is 8.62. The van der Waals surface area contributed by atoms with E-state index in [1.807, 2.05) is 24.3 Å². The predicted octanol–water partition coefficient (Wildman–Crippen LogP) is 1.06. The molecule has 0 saturated carbocycles. The van der Waals surface area contributed by atoms with Crippen molar-refractivity contribution in [3.63, 3.8) is 0 Å². The Morgan fingerprint density at radius 2 is 2.11 bits per heavy atom. The molecular weight excluding hydrogens is 250 g/mol. The molecule has 2 N–H and O–H groups in total. The van der Waals surface area contributed by atoms with Crippen LogP contribution >= 0.6 is 0 Å². The van der Waals surface area contributed by atoms with Crippen LogP contribution in [0.5, 0.6) is 0 Å². The molecule has 0 bridgehead atoms. The van der Waals surface area contributed by atoms with Crippen LogP contribution < -0.4 is 5.73 Å². The molecule has 0 fully saturated rings. The molecule has 1 aromatic carbocycles. The van der Waals surface area contributed by atoms with Crippen molar-refractivity contribution in [1.82, 2.24) is 0 Å². The fraction of sp³-hybridized carbons (Fsp3) is 0.538. The predicted molar refractivity (Wildman–Crippen MR) is 71.2 cm³/mol. The number of sulfone groups is 1. The number of benzene rings is 1. The SMILES string of the molecule is NCCCS(=O)(=O)CC1OCCc2ccccc21. The first-order valence-electron chi connectivity index (χ1n) is 6.22. The van der Waals surface area contributed by atoms with Crippen LogP contribution in [0.3, 0.4) is 0 Å². The molecule has 100 valence electrons. The van der Waals surface area contributed by atoms with E-state index in [1.165, 1.54) is 5.56 Å². The van der Waals surface area contributed by atoms with Gasteiger partial charge in [-0.1, -0.05) is 24.3 Å². The second-order valence-corrected chi connectivity index (χ2v) is 6.79. The zero-order valence-electron chi connectivity index (χ0n) is 10.3. The Balaban J connectivity index is 2.12. The highest BCUT2D eigenvalue weighted by molar-refractivity contribution is 7.91. The molecule has 5 heteroatoms. The molecule has 0 aromatic heterocycles. The molecule has 1 aromatic rings. The third-order valence-electron chi connectivity index (χ3n) is 3.16. The largest absolute Gasteiger partial charge is 0.372 e. The molecule has 1 heterocycles. The maximum atomic E-state index is 11.9. The van der Waals surface area contributed by atoms with Crippen molar-refractivity contribution in [2.45, 2.75) is 18.9 Å². The van der Waals surface area contributed by atoms with E-state index in [0.29, 0.717) is 19.6 Å². The lowest BCUT2D eigenvalue weighted by Crippen LogP contribution is -2.25. The molecule has 4 nitrogen and oxygen atoms in total. The monoisotopic (exact) mass is 269 g/mol. The molecule has 0 radical (unpaired) electrons. The van der Waals surface area contributed by atoms with Crippen LogP contribution in [0, 0.1) is 0 Å². The standard InChI is InChI=1S/C13H19NO3S/c14-7-3-9-18(15,16)10-13-12-5-2-1-4-11(12)6-8-17-13/h1-2,4-5,13H,3,6-10,14H2. The van der Waals surface area contributed by atoms with Crippen LogP contribution in [0.25, 0.3) is 0 Å². The van der Waals surface area contributed by atoms with Gasteiger partial charge in [-0.2, -0.15) is 0 Å². The minimum absolute atomic E-state index is 0.0595. The highest BCUT2D eigenvalue weighted by atomic mass is 32.2.